The van der Waals surface area contributed by atoms with Crippen molar-refractivity contribution in [2.75, 3.05) is 103 Å². The molecule has 13 nitrogen and oxygen atoms in total. The molecule has 6 N–H and O–H groups in total. The number of anilines is 3. The van der Waals surface area contributed by atoms with Gasteiger partial charge in [-0.2, -0.15) is 0 Å². The van der Waals surface area contributed by atoms with Crippen molar-refractivity contribution in [3.05, 3.63) is 95.3 Å². The van der Waals surface area contributed by atoms with Crippen LogP contribution < -0.4 is 31.6 Å². The van der Waals surface area contributed by atoms with Gasteiger partial charge in [0.2, 0.25) is 0 Å². The van der Waals surface area contributed by atoms with E-state index in [1.165, 1.54) is 0 Å². The predicted octanol–water partition coefficient (Wildman–Crippen LogP) is 4.31. The van der Waals surface area contributed by atoms with Crippen molar-refractivity contribution in [1.29, 1.82) is 0 Å². The highest BCUT2D eigenvalue weighted by molar-refractivity contribution is 6.31. The van der Waals surface area contributed by atoms with Crippen molar-refractivity contribution in [2.24, 2.45) is 30.1 Å². The molecule has 0 amide bonds. The van der Waals surface area contributed by atoms with Gasteiger partial charge in [0.1, 0.15) is 5.69 Å². The third-order valence-electron chi connectivity index (χ3n) is 9.79. The summed E-state index contributed by atoms with van der Waals surface area (Å²) in [5.41, 5.74) is 11.0. The van der Waals surface area contributed by atoms with Gasteiger partial charge < -0.3 is 31.5 Å². The first-order valence-corrected chi connectivity index (χ1v) is 18.6. The number of ketones is 2. The Hall–Kier alpha value is -4.95. The third kappa shape index (κ3) is 10.4. The maximum atomic E-state index is 13.5. The molecule has 3 aromatic carbocycles. The average molecular weight is 724 g/mol. The highest BCUT2D eigenvalue weighted by atomic mass is 16.1. The Balaban J connectivity index is 0.976. The number of benzene rings is 3. The van der Waals surface area contributed by atoms with Crippen LogP contribution in [0.15, 0.2) is 83.3 Å². The van der Waals surface area contributed by atoms with E-state index in [1.54, 1.807) is 31.3 Å². The molecular formula is C40H57N11O2+2. The van der Waals surface area contributed by atoms with Gasteiger partial charge in [0.05, 0.1) is 64.8 Å². The molecule has 5 rings (SSSR count). The molecule has 0 saturated heterocycles. The number of aromatic nitrogens is 2. The Morgan fingerprint density at radius 1 is 0.792 bits per heavy atom. The summed E-state index contributed by atoms with van der Waals surface area (Å²) in [5.74, 6) is 0.556. The fourth-order valence-electron chi connectivity index (χ4n) is 6.76. The lowest BCUT2D eigenvalue weighted by Crippen LogP contribution is -2.43. The molecule has 0 atom stereocenters. The van der Waals surface area contributed by atoms with Crippen molar-refractivity contribution in [3.63, 3.8) is 0 Å². The lowest BCUT2D eigenvalue weighted by Gasteiger charge is -2.30. The fourth-order valence-corrected chi connectivity index (χ4v) is 6.76. The molecule has 282 valence electrons. The Morgan fingerprint density at radius 2 is 1.43 bits per heavy atom. The molecule has 1 aromatic heterocycles. The number of carbonyl (C=O) groups excluding carboxylic acids is 2. The summed E-state index contributed by atoms with van der Waals surface area (Å²) < 4.78 is 4.77. The first kappa shape index (κ1) is 39.3. The highest BCUT2D eigenvalue weighted by Crippen LogP contribution is 2.36. The molecule has 4 aromatic rings. The van der Waals surface area contributed by atoms with Gasteiger partial charge in [-0.1, -0.05) is 29.4 Å². The molecule has 0 spiro atoms. The number of imidazole rings is 1. The molecule has 0 aliphatic heterocycles. The number of carbonyl (C=O) groups is 2. The van der Waals surface area contributed by atoms with E-state index in [0.717, 1.165) is 87.0 Å². The number of aryl methyl sites for hydroxylation is 2. The lowest BCUT2D eigenvalue weighted by molar-refractivity contribution is -0.890. The summed E-state index contributed by atoms with van der Waals surface area (Å²) in [5, 5.41) is 22.4. The van der Waals surface area contributed by atoms with Crippen LogP contribution in [0.5, 0.6) is 0 Å². The molecule has 0 saturated carbocycles. The summed E-state index contributed by atoms with van der Waals surface area (Å²) in [6.07, 6.45) is 5.91. The Kier molecular flexibility index (Phi) is 13.9. The topological polar surface area (TPSA) is 145 Å². The Morgan fingerprint density at radius 3 is 2.08 bits per heavy atom. The maximum absolute atomic E-state index is 13.5. The molecule has 0 unspecified atom stereocenters. The van der Waals surface area contributed by atoms with Gasteiger partial charge >= 0.3 is 5.95 Å². The van der Waals surface area contributed by atoms with E-state index in [0.29, 0.717) is 46.7 Å². The van der Waals surface area contributed by atoms with Crippen LogP contribution in [0, 0.1) is 0 Å². The predicted molar refractivity (Wildman–Crippen MR) is 213 cm³/mol. The number of hydrogen-bond acceptors (Lipinski definition) is 10. The molecular weight excluding hydrogens is 667 g/mol. The van der Waals surface area contributed by atoms with Gasteiger partial charge in [0.25, 0.3) is 0 Å². The number of quaternary nitrogens is 1. The number of fused-ring (bicyclic) bond motifs is 2. The van der Waals surface area contributed by atoms with Crippen molar-refractivity contribution in [1.82, 2.24) is 14.8 Å². The minimum Gasteiger partial charge on any atom is -0.388 e. The molecule has 0 radical (unpaired) electrons. The number of nitrogens with two attached hydrogens (primary N) is 1. The van der Waals surface area contributed by atoms with E-state index >= 15 is 0 Å². The second-order valence-electron chi connectivity index (χ2n) is 14.3. The van der Waals surface area contributed by atoms with Crippen LogP contribution in [0.2, 0.25) is 0 Å². The normalized spacial score (nSPS) is 12.7. The molecule has 0 fully saturated rings. The van der Waals surface area contributed by atoms with Crippen molar-refractivity contribution in [3.8, 4) is 0 Å². The van der Waals surface area contributed by atoms with Gasteiger partial charge in [-0.3, -0.25) is 14.5 Å². The zero-order chi connectivity index (χ0) is 37.8. The van der Waals surface area contributed by atoms with Gasteiger partial charge in [-0.05, 0) is 36.4 Å². The molecule has 13 heteroatoms. The minimum absolute atomic E-state index is 0.110. The summed E-state index contributed by atoms with van der Waals surface area (Å²) in [6.45, 7) is 8.81. The first-order chi connectivity index (χ1) is 25.6. The molecule has 0 bridgehead atoms. The number of nitrogens with one attached hydrogen (secondary N) is 4. The molecule has 1 heterocycles. The minimum atomic E-state index is -0.116. The van der Waals surface area contributed by atoms with Crippen molar-refractivity contribution < 1.29 is 18.6 Å². The average Bonchev–Trinajstić information content (AvgIpc) is 3.48. The molecule has 1 aliphatic carbocycles. The number of nitrogens with zero attached hydrogens (tertiary/aromatic N) is 6. The fraction of sp³-hybridized carbons (Fsp3) is 0.425. The largest absolute Gasteiger partial charge is 0.421 e. The Labute approximate surface area is 313 Å². The molecule has 53 heavy (non-hydrogen) atoms. The van der Waals surface area contributed by atoms with Gasteiger partial charge in [-0.15, -0.1) is 0 Å². The second kappa shape index (κ2) is 18.7. The van der Waals surface area contributed by atoms with E-state index in [-0.39, 0.29) is 11.6 Å². The zero-order valence-corrected chi connectivity index (χ0v) is 32.0. The third-order valence-corrected chi connectivity index (χ3v) is 9.79. The van der Waals surface area contributed by atoms with Crippen LogP contribution >= 0.6 is 0 Å². The SMILES string of the molecule is CNc1ccc(NCCC[N+](C)(C)CCCNCCN(CCN)CCNc2ccc(N=Nc3n(C)cc[n+]3C)cc2)c2c1C(=O)c1ccccc1C2=O. The lowest BCUT2D eigenvalue weighted by atomic mass is 9.82. The number of azo groups is 1. The van der Waals surface area contributed by atoms with E-state index in [2.05, 4.69) is 50.5 Å². The van der Waals surface area contributed by atoms with Gasteiger partial charge in [0.15, 0.2) is 11.6 Å². The van der Waals surface area contributed by atoms with E-state index < -0.39 is 0 Å². The first-order valence-electron chi connectivity index (χ1n) is 18.6. The highest BCUT2D eigenvalue weighted by Gasteiger charge is 2.33. The van der Waals surface area contributed by atoms with Crippen LogP contribution in [-0.4, -0.2) is 112 Å². The number of rotatable bonds is 21. The van der Waals surface area contributed by atoms with Gasteiger partial charge in [0, 0.05) is 106 Å². The molecule has 1 aliphatic rings. The standard InChI is InChI=1S/C40H55N11O2/c1-42-34-16-17-35(37-36(34)38(52)32-10-6-7-11-33(32)39(37)53)45-20-9-29-51(4,5)28-8-19-43-21-24-50(23-18-41)25-22-44-30-12-14-31(15-13-30)46-47-40-48(2)26-27-49(40)3/h6-7,10-17,26-27,43H,8-9,18-25,28-29,41H2,1-5H3,(H-,42,44,45,46,52,53)/p+2. The summed E-state index contributed by atoms with van der Waals surface area (Å²) in [4.78, 5) is 29.3. The van der Waals surface area contributed by atoms with Gasteiger partial charge in [-0.25, -0.2) is 9.13 Å². The van der Waals surface area contributed by atoms with Crippen LogP contribution in [0.25, 0.3) is 0 Å². The smallest absolute Gasteiger partial charge is 0.388 e. The van der Waals surface area contributed by atoms with E-state index in [1.807, 2.05) is 72.0 Å². The second-order valence-corrected chi connectivity index (χ2v) is 14.3. The quantitative estimate of drug-likeness (QED) is 0.0326. The van der Waals surface area contributed by atoms with Crippen LogP contribution in [0.3, 0.4) is 0 Å². The van der Waals surface area contributed by atoms with Crippen LogP contribution in [-0.2, 0) is 14.1 Å². The van der Waals surface area contributed by atoms with Crippen LogP contribution in [0.4, 0.5) is 28.7 Å². The summed E-state index contributed by atoms with van der Waals surface area (Å²) >= 11 is 0. The van der Waals surface area contributed by atoms with Crippen molar-refractivity contribution >= 4 is 40.3 Å². The maximum Gasteiger partial charge on any atom is 0.421 e. The monoisotopic (exact) mass is 723 g/mol. The summed E-state index contributed by atoms with van der Waals surface area (Å²) in [7, 11) is 10.2. The van der Waals surface area contributed by atoms with Crippen molar-refractivity contribution in [2.45, 2.75) is 12.8 Å². The Bertz CT molecular complexity index is 1850. The van der Waals surface area contributed by atoms with Crippen LogP contribution in [0.1, 0.15) is 44.7 Å². The zero-order valence-electron chi connectivity index (χ0n) is 32.0. The van der Waals surface area contributed by atoms with E-state index in [4.69, 9.17) is 5.73 Å². The van der Waals surface area contributed by atoms with E-state index in [9.17, 15) is 9.59 Å². The number of hydrogen-bond donors (Lipinski definition) is 5. The summed E-state index contributed by atoms with van der Waals surface area (Å²) in [6, 6.07) is 18.9.